The summed E-state index contributed by atoms with van der Waals surface area (Å²) in [7, 11) is 0. The van der Waals surface area contributed by atoms with Crippen LogP contribution in [-0.4, -0.2) is 16.1 Å². The van der Waals surface area contributed by atoms with E-state index >= 15 is 0 Å². The molecule has 1 aliphatic heterocycles. The van der Waals surface area contributed by atoms with Gasteiger partial charge in [-0.15, -0.1) is 0 Å². The van der Waals surface area contributed by atoms with Gasteiger partial charge in [0.15, 0.2) is 0 Å². The van der Waals surface area contributed by atoms with E-state index in [2.05, 4.69) is 0 Å². The van der Waals surface area contributed by atoms with Crippen LogP contribution in [0.4, 0.5) is 16.2 Å². The highest BCUT2D eigenvalue weighted by molar-refractivity contribution is 8.19. The minimum absolute atomic E-state index is 0.139. The van der Waals surface area contributed by atoms with Gasteiger partial charge in [0.2, 0.25) is 0 Å². The van der Waals surface area contributed by atoms with Crippen molar-refractivity contribution in [2.75, 3.05) is 4.90 Å². The molecule has 1 saturated heterocycles. The predicted molar refractivity (Wildman–Crippen MR) is 121 cm³/mol. The molecule has 1 fully saturated rings. The number of nitro groups is 1. The summed E-state index contributed by atoms with van der Waals surface area (Å²) < 4.78 is 5.69. The summed E-state index contributed by atoms with van der Waals surface area (Å²) in [5.74, 6) is 0.0144. The molecule has 156 valence electrons. The van der Waals surface area contributed by atoms with Crippen LogP contribution in [0.15, 0.2) is 57.9 Å². The molecule has 11 heteroatoms. The normalized spacial score (nSPS) is 15.2. The molecule has 2 amide bonds. The Hall–Kier alpha value is -2.78. The van der Waals surface area contributed by atoms with Crippen molar-refractivity contribution in [1.29, 1.82) is 0 Å². The van der Waals surface area contributed by atoms with Crippen LogP contribution in [0.5, 0.6) is 0 Å². The number of nitrogens with zero attached hydrogens (tertiary/aromatic N) is 2. The van der Waals surface area contributed by atoms with Crippen molar-refractivity contribution in [2.24, 2.45) is 0 Å². The fourth-order valence-corrected chi connectivity index (χ4v) is 4.16. The maximum absolute atomic E-state index is 12.8. The number of carbonyl (C=O) groups excluding carboxylic acids is 2. The zero-order valence-corrected chi connectivity index (χ0v) is 18.3. The van der Waals surface area contributed by atoms with E-state index in [1.54, 1.807) is 12.1 Å². The standard InChI is InChI=1S/C20H9Cl3N2O5S/c21-14-4-2-11(25(28)29)7-13(14)17-6-3-12(30-17)9-18-19(26)24(20(27)31-18)10-1-5-15(22)16(23)8-10/h1-9H/b18-9+. The highest BCUT2D eigenvalue weighted by Crippen LogP contribution is 2.39. The number of carbonyl (C=O) groups is 2. The predicted octanol–water partition coefficient (Wildman–Crippen LogP) is 7.06. The van der Waals surface area contributed by atoms with Gasteiger partial charge in [-0.2, -0.15) is 0 Å². The van der Waals surface area contributed by atoms with Crippen LogP contribution in [0.2, 0.25) is 15.1 Å². The molecule has 31 heavy (non-hydrogen) atoms. The molecule has 0 radical (unpaired) electrons. The van der Waals surface area contributed by atoms with Gasteiger partial charge in [0.25, 0.3) is 16.8 Å². The number of thioether (sulfide) groups is 1. The number of hydrogen-bond acceptors (Lipinski definition) is 6. The van der Waals surface area contributed by atoms with Gasteiger partial charge >= 0.3 is 0 Å². The molecule has 0 N–H and O–H groups in total. The molecule has 0 unspecified atom stereocenters. The van der Waals surface area contributed by atoms with Gasteiger partial charge in [-0.05, 0) is 48.2 Å². The third-order valence-electron chi connectivity index (χ3n) is 4.28. The second-order valence-electron chi connectivity index (χ2n) is 6.24. The topological polar surface area (TPSA) is 93.7 Å². The van der Waals surface area contributed by atoms with E-state index in [9.17, 15) is 19.7 Å². The summed E-state index contributed by atoms with van der Waals surface area (Å²) >= 11 is 18.8. The van der Waals surface area contributed by atoms with Crippen LogP contribution in [0, 0.1) is 10.1 Å². The van der Waals surface area contributed by atoms with Crippen molar-refractivity contribution >= 4 is 75.2 Å². The molecular formula is C20H9Cl3N2O5S. The third kappa shape index (κ3) is 4.20. The fourth-order valence-electron chi connectivity index (χ4n) is 2.83. The van der Waals surface area contributed by atoms with Gasteiger partial charge in [-0.1, -0.05) is 34.8 Å². The first-order chi connectivity index (χ1) is 14.7. The lowest BCUT2D eigenvalue weighted by Crippen LogP contribution is -2.27. The first kappa shape index (κ1) is 21.5. The Morgan fingerprint density at radius 1 is 0.968 bits per heavy atom. The van der Waals surface area contributed by atoms with E-state index in [1.807, 2.05) is 0 Å². The molecule has 0 spiro atoms. The lowest BCUT2D eigenvalue weighted by molar-refractivity contribution is -0.384. The lowest BCUT2D eigenvalue weighted by atomic mass is 10.1. The lowest BCUT2D eigenvalue weighted by Gasteiger charge is -2.12. The van der Waals surface area contributed by atoms with Crippen molar-refractivity contribution in [1.82, 2.24) is 0 Å². The van der Waals surface area contributed by atoms with Crippen LogP contribution >= 0.6 is 46.6 Å². The molecule has 0 atom stereocenters. The zero-order chi connectivity index (χ0) is 22.3. The SMILES string of the molecule is O=C1S/C(=C/c2ccc(-c3cc([N+](=O)[O-])ccc3Cl)o2)C(=O)N1c1ccc(Cl)c(Cl)c1. The van der Waals surface area contributed by atoms with E-state index in [1.165, 1.54) is 42.5 Å². The van der Waals surface area contributed by atoms with Crippen molar-refractivity contribution in [3.63, 3.8) is 0 Å². The molecule has 3 aromatic rings. The van der Waals surface area contributed by atoms with Crippen molar-refractivity contribution in [3.05, 3.63) is 84.4 Å². The number of nitro benzene ring substituents is 1. The Morgan fingerprint density at radius 3 is 2.42 bits per heavy atom. The van der Waals surface area contributed by atoms with Gasteiger partial charge in [0.1, 0.15) is 11.5 Å². The Labute approximate surface area is 194 Å². The molecule has 7 nitrogen and oxygen atoms in total. The van der Waals surface area contributed by atoms with E-state index in [0.717, 1.165) is 16.7 Å². The molecule has 1 aliphatic rings. The average Bonchev–Trinajstić information content (AvgIpc) is 3.29. The summed E-state index contributed by atoms with van der Waals surface area (Å²) in [4.78, 5) is 36.8. The number of furan rings is 1. The van der Waals surface area contributed by atoms with Gasteiger partial charge < -0.3 is 4.42 Å². The van der Waals surface area contributed by atoms with Crippen LogP contribution < -0.4 is 4.90 Å². The first-order valence-electron chi connectivity index (χ1n) is 8.52. The minimum atomic E-state index is -0.542. The number of benzene rings is 2. The van der Waals surface area contributed by atoms with Gasteiger partial charge in [-0.3, -0.25) is 19.7 Å². The van der Waals surface area contributed by atoms with Crippen LogP contribution in [0.3, 0.4) is 0 Å². The molecular weight excluding hydrogens is 487 g/mol. The van der Waals surface area contributed by atoms with Gasteiger partial charge in [0, 0.05) is 23.8 Å². The monoisotopic (exact) mass is 494 g/mol. The quantitative estimate of drug-likeness (QED) is 0.218. The Morgan fingerprint density at radius 2 is 1.71 bits per heavy atom. The fraction of sp³-hybridized carbons (Fsp3) is 0. The second kappa shape index (κ2) is 8.39. The highest BCUT2D eigenvalue weighted by atomic mass is 35.5. The van der Waals surface area contributed by atoms with E-state index in [4.69, 9.17) is 39.2 Å². The van der Waals surface area contributed by atoms with Crippen LogP contribution in [-0.2, 0) is 4.79 Å². The average molecular weight is 496 g/mol. The highest BCUT2D eigenvalue weighted by Gasteiger charge is 2.36. The minimum Gasteiger partial charge on any atom is -0.457 e. The summed E-state index contributed by atoms with van der Waals surface area (Å²) in [6, 6.07) is 11.6. The largest absolute Gasteiger partial charge is 0.457 e. The molecule has 1 aromatic heterocycles. The third-order valence-corrected chi connectivity index (χ3v) is 6.22. The smallest absolute Gasteiger partial charge is 0.298 e. The summed E-state index contributed by atoms with van der Waals surface area (Å²) in [5, 5.41) is 11.3. The number of anilines is 1. The Kier molecular flexibility index (Phi) is 5.81. The molecule has 2 heterocycles. The summed E-state index contributed by atoms with van der Waals surface area (Å²) in [5.41, 5.74) is 0.489. The van der Waals surface area contributed by atoms with Crippen LogP contribution in [0.1, 0.15) is 5.76 Å². The zero-order valence-electron chi connectivity index (χ0n) is 15.2. The number of non-ortho nitro benzene ring substituents is 1. The second-order valence-corrected chi connectivity index (χ2v) is 8.45. The summed E-state index contributed by atoms with van der Waals surface area (Å²) in [6.45, 7) is 0. The maximum atomic E-state index is 12.8. The number of amides is 2. The number of halogens is 3. The number of hydrogen-bond donors (Lipinski definition) is 0. The van der Waals surface area contributed by atoms with E-state index in [-0.39, 0.29) is 32.2 Å². The molecule has 4 rings (SSSR count). The molecule has 2 aromatic carbocycles. The number of imide groups is 1. The van der Waals surface area contributed by atoms with Gasteiger partial charge in [0.05, 0.1) is 30.6 Å². The summed E-state index contributed by atoms with van der Waals surface area (Å²) in [6.07, 6.45) is 1.41. The van der Waals surface area contributed by atoms with Crippen LogP contribution in [0.25, 0.3) is 17.4 Å². The maximum Gasteiger partial charge on any atom is 0.298 e. The Bertz CT molecular complexity index is 1290. The first-order valence-corrected chi connectivity index (χ1v) is 10.5. The van der Waals surface area contributed by atoms with Gasteiger partial charge in [-0.25, -0.2) is 4.90 Å². The van der Waals surface area contributed by atoms with Crippen molar-refractivity contribution in [3.8, 4) is 11.3 Å². The Balaban J connectivity index is 1.63. The molecule has 0 saturated carbocycles. The molecule has 0 bridgehead atoms. The van der Waals surface area contributed by atoms with Crippen molar-refractivity contribution in [2.45, 2.75) is 0 Å². The number of rotatable bonds is 4. The molecule has 0 aliphatic carbocycles. The van der Waals surface area contributed by atoms with E-state index < -0.39 is 16.1 Å². The van der Waals surface area contributed by atoms with Crippen molar-refractivity contribution < 1.29 is 18.9 Å². The van der Waals surface area contributed by atoms with E-state index in [0.29, 0.717) is 16.3 Å².